The second kappa shape index (κ2) is 7.94. The smallest absolute Gasteiger partial charge is 0.128 e. The third-order valence-electron chi connectivity index (χ3n) is 4.80. The third kappa shape index (κ3) is 4.09. The monoisotopic (exact) mass is 366 g/mol. The molecule has 1 aliphatic rings. The average Bonchev–Trinajstić information content (AvgIpc) is 2.68. The molecular formula is C21H23ClN4. The van der Waals surface area contributed by atoms with Crippen LogP contribution in [-0.2, 0) is 6.54 Å². The molecule has 0 unspecified atom stereocenters. The molecule has 0 atom stereocenters. The van der Waals surface area contributed by atoms with E-state index in [2.05, 4.69) is 40.2 Å². The lowest BCUT2D eigenvalue weighted by molar-refractivity contribution is 0.479. The maximum absolute atomic E-state index is 5.96. The predicted octanol–water partition coefficient (Wildman–Crippen LogP) is 4.66. The van der Waals surface area contributed by atoms with E-state index in [1.54, 1.807) is 0 Å². The summed E-state index contributed by atoms with van der Waals surface area (Å²) in [4.78, 5) is 4.77. The summed E-state index contributed by atoms with van der Waals surface area (Å²) < 4.78 is 0. The summed E-state index contributed by atoms with van der Waals surface area (Å²) in [7, 11) is 0. The molecule has 0 aliphatic carbocycles. The van der Waals surface area contributed by atoms with Gasteiger partial charge in [0.25, 0.3) is 0 Å². The first-order valence-corrected chi connectivity index (χ1v) is 9.51. The highest BCUT2D eigenvalue weighted by Crippen LogP contribution is 2.27. The quantitative estimate of drug-likeness (QED) is 0.614. The normalized spacial score (nSPS) is 15.1. The van der Waals surface area contributed by atoms with Crippen molar-refractivity contribution in [2.75, 3.05) is 23.7 Å². The van der Waals surface area contributed by atoms with Crippen molar-refractivity contribution in [3.63, 3.8) is 0 Å². The fourth-order valence-corrected chi connectivity index (χ4v) is 3.49. The number of piperidine rings is 1. The molecule has 1 fully saturated rings. The van der Waals surface area contributed by atoms with Crippen LogP contribution in [-0.4, -0.2) is 24.1 Å². The van der Waals surface area contributed by atoms with Crippen LogP contribution in [0, 0.1) is 0 Å². The molecule has 1 aromatic heterocycles. The minimum atomic E-state index is 0.506. The lowest BCUT2D eigenvalue weighted by atomic mass is 10.1. The van der Waals surface area contributed by atoms with Crippen LogP contribution in [0.4, 0.5) is 11.5 Å². The fraction of sp³-hybridized carbons (Fsp3) is 0.286. The van der Waals surface area contributed by atoms with Crippen LogP contribution >= 0.6 is 11.6 Å². The third-order valence-corrected chi connectivity index (χ3v) is 5.05. The van der Waals surface area contributed by atoms with Gasteiger partial charge in [-0.25, -0.2) is 4.98 Å². The number of rotatable bonds is 5. The zero-order chi connectivity index (χ0) is 17.8. The summed E-state index contributed by atoms with van der Waals surface area (Å²) >= 11 is 5.96. The van der Waals surface area contributed by atoms with Crippen molar-refractivity contribution in [1.29, 1.82) is 0 Å². The maximum atomic E-state index is 5.96. The molecule has 1 aliphatic heterocycles. The van der Waals surface area contributed by atoms with E-state index >= 15 is 0 Å². The average molecular weight is 367 g/mol. The molecule has 0 amide bonds. The van der Waals surface area contributed by atoms with Gasteiger partial charge in [0.05, 0.1) is 5.52 Å². The Morgan fingerprint density at radius 3 is 2.62 bits per heavy atom. The number of aromatic nitrogens is 1. The number of hydrogen-bond acceptors (Lipinski definition) is 4. The SMILES string of the molecule is Clc1ccc(CNc2cc(NC3CCNCC3)c3ccccc3n2)cc1. The first-order chi connectivity index (χ1) is 12.8. The number of benzene rings is 2. The zero-order valence-corrected chi connectivity index (χ0v) is 15.4. The van der Waals surface area contributed by atoms with Gasteiger partial charge in [-0.3, -0.25) is 0 Å². The molecule has 2 aromatic carbocycles. The maximum Gasteiger partial charge on any atom is 0.128 e. The second-order valence-electron chi connectivity index (χ2n) is 6.72. The molecule has 1 saturated heterocycles. The number of halogens is 1. The Labute approximate surface area is 159 Å². The van der Waals surface area contributed by atoms with Gasteiger partial charge in [0, 0.05) is 34.7 Å². The van der Waals surface area contributed by atoms with E-state index in [1.165, 1.54) is 10.9 Å². The van der Waals surface area contributed by atoms with Gasteiger partial charge in [-0.2, -0.15) is 0 Å². The molecule has 0 radical (unpaired) electrons. The molecule has 0 bridgehead atoms. The van der Waals surface area contributed by atoms with Gasteiger partial charge in [0.2, 0.25) is 0 Å². The van der Waals surface area contributed by atoms with Crippen LogP contribution in [0.3, 0.4) is 0 Å². The lowest BCUT2D eigenvalue weighted by Gasteiger charge is -2.25. The number of nitrogens with one attached hydrogen (secondary N) is 3. The van der Waals surface area contributed by atoms with E-state index in [-0.39, 0.29) is 0 Å². The van der Waals surface area contributed by atoms with E-state index in [0.29, 0.717) is 6.04 Å². The van der Waals surface area contributed by atoms with Crippen LogP contribution in [0.5, 0.6) is 0 Å². The molecule has 5 heteroatoms. The summed E-state index contributed by atoms with van der Waals surface area (Å²) in [5, 5.41) is 12.5. The zero-order valence-electron chi connectivity index (χ0n) is 14.6. The standard InChI is InChI=1S/C21H23ClN4/c22-16-7-5-15(6-8-16)14-24-21-13-20(25-17-9-11-23-12-10-17)18-3-1-2-4-19(18)26-21/h1-8,13,17,23H,9-12,14H2,(H2,24,25,26). The van der Waals surface area contributed by atoms with Crippen molar-refractivity contribution >= 4 is 34.0 Å². The Kier molecular flexibility index (Phi) is 5.23. The Morgan fingerprint density at radius 1 is 1.04 bits per heavy atom. The summed E-state index contributed by atoms with van der Waals surface area (Å²) in [5.74, 6) is 0.884. The highest BCUT2D eigenvalue weighted by atomic mass is 35.5. The van der Waals surface area contributed by atoms with Gasteiger partial charge in [0.1, 0.15) is 5.82 Å². The minimum Gasteiger partial charge on any atom is -0.382 e. The van der Waals surface area contributed by atoms with Gasteiger partial charge in [0.15, 0.2) is 0 Å². The van der Waals surface area contributed by atoms with Crippen LogP contribution in [0.1, 0.15) is 18.4 Å². The molecule has 134 valence electrons. The van der Waals surface area contributed by atoms with E-state index < -0.39 is 0 Å². The van der Waals surface area contributed by atoms with Crippen molar-refractivity contribution in [3.8, 4) is 0 Å². The van der Waals surface area contributed by atoms with Crippen LogP contribution in [0.25, 0.3) is 10.9 Å². The van der Waals surface area contributed by atoms with Crippen molar-refractivity contribution in [1.82, 2.24) is 10.3 Å². The molecule has 4 rings (SSSR count). The van der Waals surface area contributed by atoms with Crippen molar-refractivity contribution in [2.24, 2.45) is 0 Å². The molecule has 0 saturated carbocycles. The summed E-state index contributed by atoms with van der Waals surface area (Å²) in [5.41, 5.74) is 3.34. The highest BCUT2D eigenvalue weighted by Gasteiger charge is 2.14. The number of nitrogens with zero attached hydrogens (tertiary/aromatic N) is 1. The number of fused-ring (bicyclic) bond motifs is 1. The number of pyridine rings is 1. The Hall–Kier alpha value is -2.30. The molecule has 26 heavy (non-hydrogen) atoms. The van der Waals surface area contributed by atoms with E-state index in [9.17, 15) is 0 Å². The summed E-state index contributed by atoms with van der Waals surface area (Å²) in [6.45, 7) is 2.86. The molecule has 3 aromatic rings. The van der Waals surface area contributed by atoms with Crippen LogP contribution in [0.15, 0.2) is 54.6 Å². The van der Waals surface area contributed by atoms with Crippen LogP contribution in [0.2, 0.25) is 5.02 Å². The first-order valence-electron chi connectivity index (χ1n) is 9.13. The van der Waals surface area contributed by atoms with Gasteiger partial charge in [-0.1, -0.05) is 41.9 Å². The van der Waals surface area contributed by atoms with Gasteiger partial charge < -0.3 is 16.0 Å². The molecule has 3 N–H and O–H groups in total. The Balaban J connectivity index is 1.57. The molecular weight excluding hydrogens is 344 g/mol. The fourth-order valence-electron chi connectivity index (χ4n) is 3.37. The Morgan fingerprint density at radius 2 is 1.81 bits per heavy atom. The number of hydrogen-bond donors (Lipinski definition) is 3. The molecule has 0 spiro atoms. The van der Waals surface area contributed by atoms with Gasteiger partial charge >= 0.3 is 0 Å². The first kappa shape index (κ1) is 17.1. The lowest BCUT2D eigenvalue weighted by Crippen LogP contribution is -2.35. The van der Waals surface area contributed by atoms with Crippen LogP contribution < -0.4 is 16.0 Å². The summed E-state index contributed by atoms with van der Waals surface area (Å²) in [6.07, 6.45) is 2.29. The number of anilines is 2. The summed E-state index contributed by atoms with van der Waals surface area (Å²) in [6, 6.07) is 18.8. The largest absolute Gasteiger partial charge is 0.382 e. The predicted molar refractivity (Wildman–Crippen MR) is 110 cm³/mol. The minimum absolute atomic E-state index is 0.506. The van der Waals surface area contributed by atoms with E-state index in [4.69, 9.17) is 16.6 Å². The second-order valence-corrected chi connectivity index (χ2v) is 7.16. The highest BCUT2D eigenvalue weighted by molar-refractivity contribution is 6.30. The molecule has 2 heterocycles. The van der Waals surface area contributed by atoms with E-state index in [0.717, 1.165) is 54.5 Å². The Bertz CT molecular complexity index is 873. The van der Waals surface area contributed by atoms with Gasteiger partial charge in [-0.05, 0) is 49.7 Å². The van der Waals surface area contributed by atoms with Gasteiger partial charge in [-0.15, -0.1) is 0 Å². The van der Waals surface area contributed by atoms with Crippen molar-refractivity contribution in [2.45, 2.75) is 25.4 Å². The van der Waals surface area contributed by atoms with Crippen molar-refractivity contribution in [3.05, 3.63) is 65.2 Å². The molecule has 4 nitrogen and oxygen atoms in total. The van der Waals surface area contributed by atoms with Crippen molar-refractivity contribution < 1.29 is 0 Å². The number of para-hydroxylation sites is 1. The van der Waals surface area contributed by atoms with E-state index in [1.807, 2.05) is 30.3 Å². The topological polar surface area (TPSA) is 49.0 Å².